The molecule has 3 amide bonds. The van der Waals surface area contributed by atoms with E-state index in [9.17, 15) is 14.4 Å². The quantitative estimate of drug-likeness (QED) is 0.787. The van der Waals surface area contributed by atoms with Crippen LogP contribution in [0.25, 0.3) is 0 Å². The Morgan fingerprint density at radius 2 is 1.73 bits per heavy atom. The van der Waals surface area contributed by atoms with Gasteiger partial charge in [-0.3, -0.25) is 19.3 Å². The molecule has 0 radical (unpaired) electrons. The Balaban J connectivity index is 1.39. The van der Waals surface area contributed by atoms with Crippen molar-refractivity contribution in [3.63, 3.8) is 0 Å². The average Bonchev–Trinajstić information content (AvgIpc) is 2.75. The number of hydrogen-bond acceptors (Lipinski definition) is 4. The summed E-state index contributed by atoms with van der Waals surface area (Å²) in [5.41, 5.74) is 3.24. The topological polar surface area (TPSA) is 81.8 Å². The number of amides is 3. The summed E-state index contributed by atoms with van der Waals surface area (Å²) < 4.78 is 0. The summed E-state index contributed by atoms with van der Waals surface area (Å²) in [6.45, 7) is 2.60. The first-order valence-corrected chi connectivity index (χ1v) is 10.3. The Bertz CT molecular complexity index is 931. The van der Waals surface area contributed by atoms with Crippen LogP contribution in [0.3, 0.4) is 0 Å². The van der Waals surface area contributed by atoms with Crippen LogP contribution in [0.4, 0.5) is 5.69 Å². The zero-order valence-electron chi connectivity index (χ0n) is 16.8. The molecule has 2 aliphatic heterocycles. The van der Waals surface area contributed by atoms with Crippen LogP contribution in [0.5, 0.6) is 0 Å². The van der Waals surface area contributed by atoms with Gasteiger partial charge in [0.25, 0.3) is 0 Å². The predicted octanol–water partition coefficient (Wildman–Crippen LogP) is 1.40. The molecule has 156 valence electrons. The summed E-state index contributed by atoms with van der Waals surface area (Å²) in [6, 6.07) is 16.6. The van der Waals surface area contributed by atoms with Crippen molar-refractivity contribution in [1.82, 2.24) is 15.1 Å². The lowest BCUT2D eigenvalue weighted by molar-refractivity contribution is -0.145. The number of carbonyl (C=O) groups is 3. The fourth-order valence-electron chi connectivity index (χ4n) is 4.10. The highest BCUT2D eigenvalue weighted by molar-refractivity contribution is 5.97. The number of rotatable bonds is 5. The van der Waals surface area contributed by atoms with Gasteiger partial charge in [-0.25, -0.2) is 0 Å². The van der Waals surface area contributed by atoms with Gasteiger partial charge in [-0.1, -0.05) is 42.5 Å². The van der Waals surface area contributed by atoms with Gasteiger partial charge in [0.1, 0.15) is 6.04 Å². The third-order valence-electron chi connectivity index (χ3n) is 5.66. The Morgan fingerprint density at radius 3 is 2.53 bits per heavy atom. The fourth-order valence-corrected chi connectivity index (χ4v) is 4.10. The normalized spacial score (nSPS) is 19.0. The van der Waals surface area contributed by atoms with Gasteiger partial charge >= 0.3 is 0 Å². The van der Waals surface area contributed by atoms with Crippen molar-refractivity contribution in [2.75, 3.05) is 31.5 Å². The molecule has 30 heavy (non-hydrogen) atoms. The number of benzene rings is 2. The maximum atomic E-state index is 13.0. The van der Waals surface area contributed by atoms with E-state index in [4.69, 9.17) is 0 Å². The second kappa shape index (κ2) is 9.09. The Morgan fingerprint density at radius 1 is 1.00 bits per heavy atom. The zero-order chi connectivity index (χ0) is 20.9. The van der Waals surface area contributed by atoms with E-state index in [1.807, 2.05) is 30.3 Å². The summed E-state index contributed by atoms with van der Waals surface area (Å²) in [5, 5.41) is 5.57. The van der Waals surface area contributed by atoms with Crippen molar-refractivity contribution < 1.29 is 14.4 Å². The molecule has 2 aliphatic rings. The Kier molecular flexibility index (Phi) is 6.09. The van der Waals surface area contributed by atoms with Crippen LogP contribution in [0, 0.1) is 0 Å². The SMILES string of the molecule is O=C(C[C@H]1C(=O)NCCN1C(=O)CN1CCc2ccccc2C1)Nc1ccccc1. The highest BCUT2D eigenvalue weighted by Crippen LogP contribution is 2.19. The first-order valence-electron chi connectivity index (χ1n) is 10.3. The number of carbonyl (C=O) groups excluding carboxylic acids is 3. The van der Waals surface area contributed by atoms with Crippen molar-refractivity contribution in [1.29, 1.82) is 0 Å². The zero-order valence-corrected chi connectivity index (χ0v) is 16.8. The lowest BCUT2D eigenvalue weighted by Gasteiger charge is -2.37. The fraction of sp³-hybridized carbons (Fsp3) is 0.348. The van der Waals surface area contributed by atoms with Gasteiger partial charge in [0.15, 0.2) is 0 Å². The second-order valence-electron chi connectivity index (χ2n) is 7.74. The molecule has 0 aliphatic carbocycles. The van der Waals surface area contributed by atoms with E-state index in [1.165, 1.54) is 11.1 Å². The molecule has 0 saturated carbocycles. The highest BCUT2D eigenvalue weighted by Gasteiger charge is 2.35. The number of hydrogen-bond donors (Lipinski definition) is 2. The number of nitrogens with zero attached hydrogens (tertiary/aromatic N) is 2. The standard InChI is InChI=1S/C23H26N4O3/c28-21(25-19-8-2-1-3-9-19)14-20-23(30)24-11-13-27(20)22(29)16-26-12-10-17-6-4-5-7-18(17)15-26/h1-9,20H,10-16H2,(H,24,30)(H,25,28)/t20-/m0/s1. The molecule has 2 aromatic carbocycles. The first kappa shape index (κ1) is 20.1. The summed E-state index contributed by atoms with van der Waals surface area (Å²) in [7, 11) is 0. The molecule has 0 bridgehead atoms. The van der Waals surface area contributed by atoms with Crippen LogP contribution >= 0.6 is 0 Å². The summed E-state index contributed by atoms with van der Waals surface area (Å²) in [4.78, 5) is 41.7. The predicted molar refractivity (Wildman–Crippen MR) is 114 cm³/mol. The number of piperazine rings is 1. The highest BCUT2D eigenvalue weighted by atomic mass is 16.2. The molecule has 1 fully saturated rings. The van der Waals surface area contributed by atoms with Crippen molar-refractivity contribution in [3.05, 3.63) is 65.7 Å². The minimum atomic E-state index is -0.785. The van der Waals surface area contributed by atoms with E-state index in [2.05, 4.69) is 27.7 Å². The van der Waals surface area contributed by atoms with Crippen molar-refractivity contribution in [2.24, 2.45) is 0 Å². The van der Waals surface area contributed by atoms with Gasteiger partial charge in [-0.15, -0.1) is 0 Å². The second-order valence-corrected chi connectivity index (χ2v) is 7.74. The lowest BCUT2D eigenvalue weighted by atomic mass is 10.00. The molecule has 7 heteroatoms. The first-order chi connectivity index (χ1) is 14.6. The van der Waals surface area contributed by atoms with E-state index >= 15 is 0 Å². The summed E-state index contributed by atoms with van der Waals surface area (Å²) in [5.74, 6) is -0.670. The Hall–Kier alpha value is -3.19. The minimum absolute atomic E-state index is 0.0602. The van der Waals surface area contributed by atoms with Crippen LogP contribution in [0.2, 0.25) is 0 Å². The van der Waals surface area contributed by atoms with E-state index in [0.717, 1.165) is 19.5 Å². The van der Waals surface area contributed by atoms with Crippen molar-refractivity contribution in [2.45, 2.75) is 25.4 Å². The molecule has 2 heterocycles. The summed E-state index contributed by atoms with van der Waals surface area (Å²) >= 11 is 0. The molecule has 0 aromatic heterocycles. The van der Waals surface area contributed by atoms with Gasteiger partial charge in [-0.05, 0) is 29.7 Å². The van der Waals surface area contributed by atoms with E-state index in [0.29, 0.717) is 18.8 Å². The number of nitrogens with one attached hydrogen (secondary N) is 2. The molecule has 7 nitrogen and oxygen atoms in total. The molecule has 1 atom stereocenters. The summed E-state index contributed by atoms with van der Waals surface area (Å²) in [6.07, 6.45) is 0.849. The average molecular weight is 406 g/mol. The molecule has 2 N–H and O–H groups in total. The Labute approximate surface area is 176 Å². The third-order valence-corrected chi connectivity index (χ3v) is 5.66. The molecule has 1 saturated heterocycles. The monoisotopic (exact) mass is 406 g/mol. The van der Waals surface area contributed by atoms with Gasteiger partial charge in [0, 0.05) is 31.9 Å². The van der Waals surface area contributed by atoms with Crippen molar-refractivity contribution in [3.8, 4) is 0 Å². The largest absolute Gasteiger partial charge is 0.353 e. The van der Waals surface area contributed by atoms with Crippen LogP contribution in [-0.4, -0.2) is 59.7 Å². The van der Waals surface area contributed by atoms with Gasteiger partial charge in [0.05, 0.1) is 13.0 Å². The van der Waals surface area contributed by atoms with Gasteiger partial charge in [0.2, 0.25) is 17.7 Å². The maximum Gasteiger partial charge on any atom is 0.243 e. The number of fused-ring (bicyclic) bond motifs is 1. The molecule has 4 rings (SSSR count). The molecule has 0 spiro atoms. The van der Waals surface area contributed by atoms with Crippen molar-refractivity contribution >= 4 is 23.4 Å². The van der Waals surface area contributed by atoms with Gasteiger partial charge in [-0.2, -0.15) is 0 Å². The van der Waals surface area contributed by atoms with Crippen LogP contribution < -0.4 is 10.6 Å². The van der Waals surface area contributed by atoms with Gasteiger partial charge < -0.3 is 15.5 Å². The third kappa shape index (κ3) is 4.68. The molecule has 2 aromatic rings. The van der Waals surface area contributed by atoms with Crippen LogP contribution in [-0.2, 0) is 27.3 Å². The maximum absolute atomic E-state index is 13.0. The molecular formula is C23H26N4O3. The van der Waals surface area contributed by atoms with Crippen LogP contribution in [0.15, 0.2) is 54.6 Å². The van der Waals surface area contributed by atoms with Crippen LogP contribution in [0.1, 0.15) is 17.5 Å². The lowest BCUT2D eigenvalue weighted by Crippen LogP contribution is -2.59. The molecule has 0 unspecified atom stereocenters. The van der Waals surface area contributed by atoms with E-state index < -0.39 is 6.04 Å². The van der Waals surface area contributed by atoms with E-state index in [-0.39, 0.29) is 30.7 Å². The minimum Gasteiger partial charge on any atom is -0.353 e. The van der Waals surface area contributed by atoms with E-state index in [1.54, 1.807) is 17.0 Å². The number of para-hydroxylation sites is 1. The molecular weight excluding hydrogens is 380 g/mol. The smallest absolute Gasteiger partial charge is 0.243 e. The number of anilines is 1.